The molecule has 8 nitrogen and oxygen atoms in total. The van der Waals surface area contributed by atoms with Crippen LogP contribution in [-0.2, 0) is 32.5 Å². The van der Waals surface area contributed by atoms with Crippen molar-refractivity contribution in [3.05, 3.63) is 75.8 Å². The number of benzene rings is 1. The molecule has 0 unspecified atom stereocenters. The maximum Gasteiger partial charge on any atom is 0.250 e. The third-order valence-electron chi connectivity index (χ3n) is 6.30. The van der Waals surface area contributed by atoms with E-state index in [1.807, 2.05) is 25.3 Å². The summed E-state index contributed by atoms with van der Waals surface area (Å²) in [5.41, 5.74) is 5.62. The van der Waals surface area contributed by atoms with Gasteiger partial charge in [-0.15, -0.1) is 0 Å². The first-order chi connectivity index (χ1) is 16.1. The summed E-state index contributed by atoms with van der Waals surface area (Å²) in [4.78, 5) is 17.3. The monoisotopic (exact) mass is 446 g/mol. The first kappa shape index (κ1) is 21.5. The number of nitrogens with one attached hydrogen (secondary N) is 2. The molecule has 1 aliphatic rings. The first-order valence-corrected chi connectivity index (χ1v) is 11.6. The second kappa shape index (κ2) is 9.23. The van der Waals surface area contributed by atoms with E-state index in [2.05, 4.69) is 39.4 Å². The van der Waals surface area contributed by atoms with Gasteiger partial charge in [-0.2, -0.15) is 0 Å². The Labute approximate surface area is 192 Å². The number of nitrogens with zero attached hydrogens (tertiary/aromatic N) is 4. The van der Waals surface area contributed by atoms with Crippen LogP contribution in [0.3, 0.4) is 0 Å². The van der Waals surface area contributed by atoms with Crippen LogP contribution in [0.15, 0.2) is 51.9 Å². The van der Waals surface area contributed by atoms with Crippen molar-refractivity contribution >= 4 is 16.7 Å². The Morgan fingerprint density at radius 2 is 2.15 bits per heavy atom. The molecule has 0 saturated heterocycles. The van der Waals surface area contributed by atoms with Crippen LogP contribution in [-0.4, -0.2) is 31.9 Å². The number of aryl methyl sites for hydroxylation is 4. The average Bonchev–Trinajstić information content (AvgIpc) is 3.39. The van der Waals surface area contributed by atoms with Crippen LogP contribution in [0.2, 0.25) is 0 Å². The van der Waals surface area contributed by atoms with Gasteiger partial charge in [-0.05, 0) is 44.9 Å². The van der Waals surface area contributed by atoms with Gasteiger partial charge < -0.3 is 24.3 Å². The van der Waals surface area contributed by atoms with Gasteiger partial charge in [0.05, 0.1) is 23.3 Å². The Balaban J connectivity index is 1.40. The fourth-order valence-corrected chi connectivity index (χ4v) is 4.59. The maximum absolute atomic E-state index is 12.2. The quantitative estimate of drug-likeness (QED) is 0.404. The summed E-state index contributed by atoms with van der Waals surface area (Å²) in [6, 6.07) is 12.0. The zero-order chi connectivity index (χ0) is 22.8. The van der Waals surface area contributed by atoms with Gasteiger partial charge in [0.2, 0.25) is 0 Å². The van der Waals surface area contributed by atoms with E-state index in [9.17, 15) is 4.79 Å². The summed E-state index contributed by atoms with van der Waals surface area (Å²) < 4.78 is 9.33. The fraction of sp³-hybridized carbons (Fsp3) is 0.400. The lowest BCUT2D eigenvalue weighted by molar-refractivity contribution is 0.368. The molecular weight excluding hydrogens is 416 g/mol. The van der Waals surface area contributed by atoms with Crippen LogP contribution in [0.5, 0.6) is 0 Å². The molecule has 33 heavy (non-hydrogen) atoms. The highest BCUT2D eigenvalue weighted by Gasteiger charge is 2.21. The van der Waals surface area contributed by atoms with Crippen molar-refractivity contribution in [2.45, 2.75) is 58.8 Å². The Kier molecular flexibility index (Phi) is 6.00. The SMILES string of the molecule is Cc1cc(CNCCn2c(CCn3ccccc3=O)nc3c4c(ccc32)N[C@@H](C)CC4)on1. The van der Waals surface area contributed by atoms with Gasteiger partial charge in [-0.25, -0.2) is 4.98 Å². The van der Waals surface area contributed by atoms with E-state index in [0.717, 1.165) is 54.2 Å². The first-order valence-electron chi connectivity index (χ1n) is 11.6. The van der Waals surface area contributed by atoms with Gasteiger partial charge in [0, 0.05) is 61.7 Å². The third-order valence-corrected chi connectivity index (χ3v) is 6.30. The maximum atomic E-state index is 12.2. The molecule has 4 aromatic rings. The van der Waals surface area contributed by atoms with E-state index in [1.54, 1.807) is 16.7 Å². The van der Waals surface area contributed by atoms with Crippen molar-refractivity contribution in [3.63, 3.8) is 0 Å². The van der Waals surface area contributed by atoms with Crippen LogP contribution in [0, 0.1) is 6.92 Å². The number of hydrogen-bond donors (Lipinski definition) is 2. The number of pyridine rings is 1. The Morgan fingerprint density at radius 3 is 2.97 bits per heavy atom. The summed E-state index contributed by atoms with van der Waals surface area (Å²) >= 11 is 0. The number of anilines is 1. The summed E-state index contributed by atoms with van der Waals surface area (Å²) in [5.74, 6) is 1.84. The molecule has 8 heteroatoms. The van der Waals surface area contributed by atoms with Crippen molar-refractivity contribution in [1.29, 1.82) is 0 Å². The van der Waals surface area contributed by atoms with Gasteiger partial charge in [0.25, 0.3) is 5.56 Å². The summed E-state index contributed by atoms with van der Waals surface area (Å²) in [6.45, 7) is 6.94. The molecule has 3 aromatic heterocycles. The number of fused-ring (bicyclic) bond motifs is 3. The molecule has 1 aromatic carbocycles. The lowest BCUT2D eigenvalue weighted by Crippen LogP contribution is -2.22. The van der Waals surface area contributed by atoms with E-state index >= 15 is 0 Å². The van der Waals surface area contributed by atoms with E-state index < -0.39 is 0 Å². The normalized spacial score (nSPS) is 15.5. The minimum Gasteiger partial charge on any atom is -0.382 e. The van der Waals surface area contributed by atoms with Gasteiger partial charge in [0.15, 0.2) is 5.76 Å². The summed E-state index contributed by atoms with van der Waals surface area (Å²) in [6.07, 6.45) is 4.66. The van der Waals surface area contributed by atoms with E-state index in [1.165, 1.54) is 11.3 Å². The van der Waals surface area contributed by atoms with Crippen molar-refractivity contribution in [1.82, 2.24) is 24.6 Å². The third kappa shape index (κ3) is 4.57. The largest absolute Gasteiger partial charge is 0.382 e. The van der Waals surface area contributed by atoms with Crippen LogP contribution in [0.1, 0.15) is 36.2 Å². The molecule has 0 fully saturated rings. The molecule has 5 rings (SSSR count). The molecule has 0 saturated carbocycles. The van der Waals surface area contributed by atoms with Gasteiger partial charge >= 0.3 is 0 Å². The molecule has 0 radical (unpaired) electrons. The molecule has 1 atom stereocenters. The van der Waals surface area contributed by atoms with Crippen molar-refractivity contribution in [2.24, 2.45) is 0 Å². The van der Waals surface area contributed by atoms with Gasteiger partial charge in [0.1, 0.15) is 5.82 Å². The Morgan fingerprint density at radius 1 is 1.24 bits per heavy atom. The van der Waals surface area contributed by atoms with E-state index in [0.29, 0.717) is 25.6 Å². The fourth-order valence-electron chi connectivity index (χ4n) is 4.59. The summed E-state index contributed by atoms with van der Waals surface area (Å²) in [5, 5.41) is 11.0. The lowest BCUT2D eigenvalue weighted by atomic mass is 9.98. The number of imidazole rings is 1. The zero-order valence-corrected chi connectivity index (χ0v) is 19.2. The predicted molar refractivity (Wildman–Crippen MR) is 128 cm³/mol. The van der Waals surface area contributed by atoms with E-state index in [-0.39, 0.29) is 5.56 Å². The molecule has 0 bridgehead atoms. The Bertz CT molecular complexity index is 1320. The predicted octanol–water partition coefficient (Wildman–Crippen LogP) is 3.27. The van der Waals surface area contributed by atoms with Gasteiger partial charge in [-0.3, -0.25) is 4.79 Å². The molecule has 172 valence electrons. The van der Waals surface area contributed by atoms with Crippen molar-refractivity contribution in [2.75, 3.05) is 11.9 Å². The highest BCUT2D eigenvalue weighted by Crippen LogP contribution is 2.32. The second-order valence-corrected chi connectivity index (χ2v) is 8.82. The minimum atomic E-state index is 0.0137. The standard InChI is InChI=1S/C25H30N6O2/c1-17-6-7-20-21(27-17)8-9-22-25(20)28-23(10-13-30-12-4-3-5-24(30)32)31(22)14-11-26-16-19-15-18(2)29-33-19/h3-5,8-9,12,15,17,26-27H,6-7,10-11,13-14,16H2,1-2H3/t17-/m0/s1. The molecule has 4 heterocycles. The molecule has 2 N–H and O–H groups in total. The van der Waals surface area contributed by atoms with Crippen molar-refractivity contribution < 1.29 is 4.52 Å². The molecule has 1 aliphatic heterocycles. The number of rotatable bonds is 8. The van der Waals surface area contributed by atoms with Crippen LogP contribution in [0.25, 0.3) is 11.0 Å². The molecular formula is C25H30N6O2. The highest BCUT2D eigenvalue weighted by molar-refractivity contribution is 5.86. The molecule has 0 spiro atoms. The minimum absolute atomic E-state index is 0.0137. The van der Waals surface area contributed by atoms with Gasteiger partial charge in [-0.1, -0.05) is 11.2 Å². The molecule has 0 amide bonds. The van der Waals surface area contributed by atoms with Crippen LogP contribution in [0.4, 0.5) is 5.69 Å². The highest BCUT2D eigenvalue weighted by atomic mass is 16.5. The second-order valence-electron chi connectivity index (χ2n) is 8.82. The Hall–Kier alpha value is -3.39. The van der Waals surface area contributed by atoms with Crippen molar-refractivity contribution in [3.8, 4) is 0 Å². The van der Waals surface area contributed by atoms with E-state index in [4.69, 9.17) is 9.51 Å². The summed E-state index contributed by atoms with van der Waals surface area (Å²) in [7, 11) is 0. The topological polar surface area (TPSA) is 89.9 Å². The van der Waals surface area contributed by atoms with Crippen LogP contribution < -0.4 is 16.2 Å². The number of aromatic nitrogens is 4. The molecule has 0 aliphatic carbocycles. The lowest BCUT2D eigenvalue weighted by Gasteiger charge is -2.24. The zero-order valence-electron chi connectivity index (χ0n) is 19.2. The average molecular weight is 447 g/mol. The van der Waals surface area contributed by atoms with Crippen LogP contribution >= 0.6 is 0 Å². The smallest absolute Gasteiger partial charge is 0.250 e. The number of hydrogen-bond acceptors (Lipinski definition) is 6.